The van der Waals surface area contributed by atoms with Crippen LogP contribution in [0.25, 0.3) is 98.9 Å². The van der Waals surface area contributed by atoms with Gasteiger partial charge < -0.3 is 0 Å². The van der Waals surface area contributed by atoms with Crippen molar-refractivity contribution < 1.29 is 0 Å². The Hall–Kier alpha value is -7.49. The third-order valence-electron chi connectivity index (χ3n) is 11.3. The minimum Gasteiger partial charge on any atom is -0.260 e. The molecule has 0 aliphatic carbocycles. The summed E-state index contributed by atoms with van der Waals surface area (Å²) in [6.45, 7) is 0. The molecule has 10 aromatic carbocycles. The summed E-state index contributed by atoms with van der Waals surface area (Å²) in [6.07, 6.45) is 0. The molecule has 0 unspecified atom stereocenters. The van der Waals surface area contributed by atoms with Gasteiger partial charge in [0.25, 0.3) is 0 Å². The van der Waals surface area contributed by atoms with E-state index >= 15 is 0 Å². The van der Waals surface area contributed by atoms with Crippen LogP contribution in [-0.2, 0) is 0 Å². The van der Waals surface area contributed by atoms with Crippen molar-refractivity contribution in [1.29, 1.82) is 0 Å². The number of hydrogen-bond donors (Lipinski definition) is 0. The SMILES string of the molecule is O=c1n(-c2ccccc2)c2ccccc2n1-c1ccc(-c2ccc3c(-c4ccc5ccccc5c4)c4ccccc4c(-c4ccc5ccccc5c4)c3c2)cc1. The standard InChI is InChI=1S/C53H34N2O/c56-53-54(43-16-2-1-3-17-43)49-20-10-11-21-50(49)55(53)44-29-26-37(27-30-44)40-28-31-47-48(34-40)52(42-25-23-36-13-5-7-15-39(36)33-42)46-19-9-8-18-45(46)51(47)41-24-22-35-12-4-6-14-38(35)32-41/h1-34H. The van der Waals surface area contributed by atoms with Crippen molar-refractivity contribution in [2.45, 2.75) is 0 Å². The number of nitrogens with zero attached hydrogens (tertiary/aromatic N) is 2. The summed E-state index contributed by atoms with van der Waals surface area (Å²) < 4.78 is 3.60. The maximum absolute atomic E-state index is 14.1. The van der Waals surface area contributed by atoms with Crippen LogP contribution in [0.3, 0.4) is 0 Å². The van der Waals surface area contributed by atoms with Crippen molar-refractivity contribution in [3.8, 4) is 44.8 Å². The van der Waals surface area contributed by atoms with Gasteiger partial charge in [0.2, 0.25) is 0 Å². The zero-order valence-electron chi connectivity index (χ0n) is 30.4. The topological polar surface area (TPSA) is 26.9 Å². The van der Waals surface area contributed by atoms with E-state index in [1.165, 1.54) is 65.3 Å². The number of fused-ring (bicyclic) bond motifs is 5. The second-order valence-electron chi connectivity index (χ2n) is 14.5. The van der Waals surface area contributed by atoms with Crippen molar-refractivity contribution in [1.82, 2.24) is 9.13 Å². The van der Waals surface area contributed by atoms with E-state index in [1.807, 2.05) is 59.2 Å². The van der Waals surface area contributed by atoms with Gasteiger partial charge in [-0.05, 0) is 131 Å². The van der Waals surface area contributed by atoms with E-state index in [0.29, 0.717) is 0 Å². The number of imidazole rings is 1. The highest BCUT2D eigenvalue weighted by atomic mass is 16.1. The highest BCUT2D eigenvalue weighted by Gasteiger charge is 2.19. The highest BCUT2D eigenvalue weighted by Crippen LogP contribution is 2.45. The number of benzene rings is 10. The summed E-state index contributed by atoms with van der Waals surface area (Å²) in [4.78, 5) is 14.1. The van der Waals surface area contributed by atoms with E-state index in [-0.39, 0.29) is 5.69 Å². The smallest absolute Gasteiger partial charge is 0.260 e. The second-order valence-corrected chi connectivity index (χ2v) is 14.5. The second kappa shape index (κ2) is 12.8. The Balaban J connectivity index is 1.12. The first kappa shape index (κ1) is 32.0. The molecule has 0 fully saturated rings. The monoisotopic (exact) mass is 714 g/mol. The molecular formula is C53H34N2O. The number of aromatic nitrogens is 2. The lowest BCUT2D eigenvalue weighted by molar-refractivity contribution is 0.931. The predicted octanol–water partition coefficient (Wildman–Crippen LogP) is 13.4. The van der Waals surface area contributed by atoms with Crippen molar-refractivity contribution in [3.05, 3.63) is 217 Å². The molecule has 0 bridgehead atoms. The Kier molecular flexibility index (Phi) is 7.33. The Labute approximate surface area is 323 Å². The molecule has 0 N–H and O–H groups in total. The fourth-order valence-corrected chi connectivity index (χ4v) is 8.70. The quantitative estimate of drug-likeness (QED) is 0.163. The minimum atomic E-state index is -0.0935. The van der Waals surface area contributed by atoms with Crippen LogP contribution < -0.4 is 5.69 Å². The fraction of sp³-hybridized carbons (Fsp3) is 0. The average molecular weight is 715 g/mol. The van der Waals surface area contributed by atoms with Crippen LogP contribution >= 0.6 is 0 Å². The molecule has 56 heavy (non-hydrogen) atoms. The molecule has 0 saturated carbocycles. The molecule has 0 saturated heterocycles. The van der Waals surface area contributed by atoms with Crippen molar-refractivity contribution in [2.75, 3.05) is 0 Å². The molecule has 1 heterocycles. The maximum atomic E-state index is 14.1. The van der Waals surface area contributed by atoms with Gasteiger partial charge in [-0.3, -0.25) is 9.13 Å². The lowest BCUT2D eigenvalue weighted by Gasteiger charge is -2.19. The van der Waals surface area contributed by atoms with Crippen LogP contribution in [0.4, 0.5) is 0 Å². The molecule has 3 heteroatoms. The van der Waals surface area contributed by atoms with Crippen LogP contribution in [0.1, 0.15) is 0 Å². The van der Waals surface area contributed by atoms with Gasteiger partial charge in [0.15, 0.2) is 0 Å². The van der Waals surface area contributed by atoms with Crippen molar-refractivity contribution in [3.63, 3.8) is 0 Å². The first-order valence-corrected chi connectivity index (χ1v) is 19.1. The number of para-hydroxylation sites is 3. The van der Waals surface area contributed by atoms with Crippen LogP contribution in [0.15, 0.2) is 211 Å². The number of hydrogen-bond acceptors (Lipinski definition) is 1. The number of rotatable bonds is 5. The lowest BCUT2D eigenvalue weighted by atomic mass is 9.84. The molecular weight excluding hydrogens is 681 g/mol. The Bertz CT molecular complexity index is 3370. The summed E-state index contributed by atoms with van der Waals surface area (Å²) in [6, 6.07) is 72.8. The largest absolute Gasteiger partial charge is 0.338 e. The molecule has 0 radical (unpaired) electrons. The van der Waals surface area contributed by atoms with Gasteiger partial charge >= 0.3 is 5.69 Å². The van der Waals surface area contributed by atoms with E-state index in [4.69, 9.17) is 0 Å². The van der Waals surface area contributed by atoms with Gasteiger partial charge in [0, 0.05) is 0 Å². The van der Waals surface area contributed by atoms with E-state index < -0.39 is 0 Å². The third kappa shape index (κ3) is 5.09. The van der Waals surface area contributed by atoms with Gasteiger partial charge in [-0.2, -0.15) is 0 Å². The molecule has 0 spiro atoms. The first-order chi connectivity index (χ1) is 27.7. The Morgan fingerprint density at radius 1 is 0.286 bits per heavy atom. The summed E-state index contributed by atoms with van der Waals surface area (Å²) in [5.41, 5.74) is 10.4. The minimum absolute atomic E-state index is 0.0935. The Morgan fingerprint density at radius 2 is 0.714 bits per heavy atom. The fourth-order valence-electron chi connectivity index (χ4n) is 8.70. The summed E-state index contributed by atoms with van der Waals surface area (Å²) >= 11 is 0. The van der Waals surface area contributed by atoms with Gasteiger partial charge in [0.1, 0.15) is 0 Å². The van der Waals surface area contributed by atoms with Gasteiger partial charge in [-0.25, -0.2) is 4.79 Å². The third-order valence-corrected chi connectivity index (χ3v) is 11.3. The van der Waals surface area contributed by atoms with Crippen molar-refractivity contribution >= 4 is 54.1 Å². The molecule has 11 rings (SSSR count). The molecule has 0 aliphatic heterocycles. The molecule has 262 valence electrons. The van der Waals surface area contributed by atoms with E-state index in [1.54, 1.807) is 4.57 Å². The Morgan fingerprint density at radius 3 is 1.30 bits per heavy atom. The van der Waals surface area contributed by atoms with Crippen LogP contribution in [0.2, 0.25) is 0 Å². The van der Waals surface area contributed by atoms with E-state index in [0.717, 1.165) is 33.5 Å². The van der Waals surface area contributed by atoms with E-state index in [2.05, 4.69) is 152 Å². The summed E-state index contributed by atoms with van der Waals surface area (Å²) in [5, 5.41) is 9.77. The van der Waals surface area contributed by atoms with Crippen molar-refractivity contribution in [2.24, 2.45) is 0 Å². The zero-order chi connectivity index (χ0) is 37.2. The maximum Gasteiger partial charge on any atom is 0.338 e. The average Bonchev–Trinajstić information content (AvgIpc) is 3.56. The molecule has 11 aromatic rings. The van der Waals surface area contributed by atoms with Gasteiger partial charge in [-0.1, -0.05) is 152 Å². The normalized spacial score (nSPS) is 11.6. The lowest BCUT2D eigenvalue weighted by Crippen LogP contribution is -2.21. The predicted molar refractivity (Wildman–Crippen MR) is 235 cm³/mol. The first-order valence-electron chi connectivity index (χ1n) is 19.1. The summed E-state index contributed by atoms with van der Waals surface area (Å²) in [5.74, 6) is 0. The zero-order valence-corrected chi connectivity index (χ0v) is 30.4. The van der Waals surface area contributed by atoms with Crippen LogP contribution in [-0.4, -0.2) is 9.13 Å². The highest BCUT2D eigenvalue weighted by molar-refractivity contribution is 6.22. The molecule has 0 amide bonds. The molecule has 1 aromatic heterocycles. The van der Waals surface area contributed by atoms with Gasteiger partial charge in [0.05, 0.1) is 22.4 Å². The van der Waals surface area contributed by atoms with E-state index in [9.17, 15) is 4.79 Å². The summed E-state index contributed by atoms with van der Waals surface area (Å²) in [7, 11) is 0. The molecule has 0 aliphatic rings. The van der Waals surface area contributed by atoms with Crippen LogP contribution in [0.5, 0.6) is 0 Å². The van der Waals surface area contributed by atoms with Gasteiger partial charge in [-0.15, -0.1) is 0 Å². The molecule has 3 nitrogen and oxygen atoms in total. The van der Waals surface area contributed by atoms with Crippen LogP contribution in [0, 0.1) is 0 Å². The molecule has 0 atom stereocenters.